The predicted molar refractivity (Wildman–Crippen MR) is 157 cm³/mol. The van der Waals surface area contributed by atoms with Crippen molar-refractivity contribution in [3.05, 3.63) is 22.8 Å². The monoisotopic (exact) mass is 600 g/mol. The van der Waals surface area contributed by atoms with Gasteiger partial charge in [0.1, 0.15) is 11.7 Å². The quantitative estimate of drug-likeness (QED) is 0.270. The van der Waals surface area contributed by atoms with E-state index >= 15 is 0 Å². The first-order valence-electron chi connectivity index (χ1n) is 14.6. The molecular formula is C31H44N4O8. The minimum Gasteiger partial charge on any atom is -0.507 e. The van der Waals surface area contributed by atoms with Crippen LogP contribution in [0.1, 0.15) is 61.5 Å². The Balaban J connectivity index is 1.76. The summed E-state index contributed by atoms with van der Waals surface area (Å²) < 4.78 is 0. The highest BCUT2D eigenvalue weighted by Gasteiger charge is 2.69. The molecule has 1 aromatic carbocycles. The lowest BCUT2D eigenvalue weighted by Crippen LogP contribution is -2.75. The van der Waals surface area contributed by atoms with Gasteiger partial charge in [-0.15, -0.1) is 0 Å². The number of ketones is 3. The van der Waals surface area contributed by atoms with E-state index in [1.807, 2.05) is 20.8 Å². The Morgan fingerprint density at radius 1 is 1.12 bits per heavy atom. The summed E-state index contributed by atoms with van der Waals surface area (Å²) in [5.74, 6) is -9.76. The van der Waals surface area contributed by atoms with E-state index in [1.54, 1.807) is 44.1 Å². The number of benzene rings is 1. The molecule has 0 radical (unpaired) electrons. The average molecular weight is 601 g/mol. The minimum absolute atomic E-state index is 0.0361. The van der Waals surface area contributed by atoms with Crippen LogP contribution in [0.25, 0.3) is 0 Å². The number of likely N-dealkylation sites (N-methyl/N-ethyl adjacent to an activating group) is 1. The third-order valence-electron chi connectivity index (χ3n) is 9.41. The zero-order chi connectivity index (χ0) is 32.3. The second-order valence-corrected chi connectivity index (χ2v) is 14.0. The number of Topliss-reactive ketones (excluding diaryl/α,β-unsaturated/α-hetero) is 3. The number of rotatable bonds is 7. The maximum atomic E-state index is 14.1. The number of aromatic hydroxyl groups is 1. The molecule has 3 aliphatic carbocycles. The van der Waals surface area contributed by atoms with E-state index in [0.717, 1.165) is 0 Å². The molecule has 1 aromatic rings. The van der Waals surface area contributed by atoms with Crippen LogP contribution >= 0.6 is 0 Å². The third kappa shape index (κ3) is 5.44. The van der Waals surface area contributed by atoms with Gasteiger partial charge in [-0.2, -0.15) is 0 Å². The van der Waals surface area contributed by atoms with Crippen molar-refractivity contribution in [2.45, 2.75) is 70.7 Å². The standard InChI is InChI=1S/C31H44N4O8/c1-30(2,3)9-8-19(36)33-13-15-12-18(34(4)5)16-10-14-11-17-23(35(6)7)26(39)22(29(32)42)28(41)31(17,43)27(40)20(14)25(38)21(16)24(15)37/h12,14,17,20,22-23,26,37,39,43H,8-11,13H2,1-7H3,(H2,32,42)(H,33,36)/t14-,17-,20?,22?,23-,26?,31-/m1/s1. The Labute approximate surface area is 251 Å². The molecule has 0 aromatic heterocycles. The van der Waals surface area contributed by atoms with E-state index < -0.39 is 64.7 Å². The number of hydrogen-bond acceptors (Lipinski definition) is 10. The van der Waals surface area contributed by atoms with Gasteiger partial charge >= 0.3 is 0 Å². The van der Waals surface area contributed by atoms with Crippen molar-refractivity contribution in [1.29, 1.82) is 0 Å². The number of aliphatic hydroxyl groups excluding tert-OH is 1. The highest BCUT2D eigenvalue weighted by atomic mass is 16.3. The molecule has 7 atom stereocenters. The van der Waals surface area contributed by atoms with Gasteiger partial charge < -0.3 is 36.2 Å². The zero-order valence-corrected chi connectivity index (χ0v) is 25.9. The Hall–Kier alpha value is -3.35. The SMILES string of the molecule is CN(C)c1cc(CNC(=O)CCC(C)(C)C)c(O)c2c1C[C@@H]1C[C@@H]3[C@@H](N(C)C)C(O)C(C(N)=O)C(=O)[C@]3(O)C(=O)C1C2=O. The maximum Gasteiger partial charge on any atom is 0.230 e. The topological polar surface area (TPSA) is 191 Å². The molecule has 3 unspecified atom stereocenters. The number of aliphatic hydroxyl groups is 2. The van der Waals surface area contributed by atoms with Gasteiger partial charge in [-0.25, -0.2) is 0 Å². The molecule has 4 rings (SSSR count). The molecule has 0 aliphatic heterocycles. The molecule has 6 N–H and O–H groups in total. The van der Waals surface area contributed by atoms with Gasteiger partial charge in [-0.3, -0.25) is 24.0 Å². The van der Waals surface area contributed by atoms with Gasteiger partial charge in [-0.1, -0.05) is 20.8 Å². The normalized spacial score (nSPS) is 30.4. The number of nitrogens with two attached hydrogens (primary N) is 1. The fraction of sp³-hybridized carbons (Fsp3) is 0.645. The Bertz CT molecular complexity index is 1370. The number of anilines is 1. The fourth-order valence-electron chi connectivity index (χ4n) is 7.23. The largest absolute Gasteiger partial charge is 0.507 e. The molecule has 0 spiro atoms. The lowest BCUT2D eigenvalue weighted by atomic mass is 9.52. The molecule has 43 heavy (non-hydrogen) atoms. The second kappa shape index (κ2) is 11.3. The maximum absolute atomic E-state index is 14.1. The first-order valence-corrected chi connectivity index (χ1v) is 14.6. The summed E-state index contributed by atoms with van der Waals surface area (Å²) in [6.45, 7) is 6.04. The number of fused-ring (bicyclic) bond motifs is 3. The molecule has 0 heterocycles. The highest BCUT2D eigenvalue weighted by molar-refractivity contribution is 6.25. The molecule has 12 heteroatoms. The fourth-order valence-corrected chi connectivity index (χ4v) is 7.23. The van der Waals surface area contributed by atoms with E-state index in [1.165, 1.54) is 0 Å². The number of phenols is 1. The predicted octanol–water partition coefficient (Wildman–Crippen LogP) is 0.167. The number of amides is 2. The Kier molecular flexibility index (Phi) is 8.55. The van der Waals surface area contributed by atoms with E-state index in [2.05, 4.69) is 5.32 Å². The first-order chi connectivity index (χ1) is 19.8. The molecule has 2 saturated carbocycles. The summed E-state index contributed by atoms with van der Waals surface area (Å²) in [6.07, 6.45) is -0.382. The van der Waals surface area contributed by atoms with Gasteiger partial charge in [0.15, 0.2) is 23.0 Å². The van der Waals surface area contributed by atoms with Gasteiger partial charge in [0.05, 0.1) is 17.6 Å². The van der Waals surface area contributed by atoms with Gasteiger partial charge in [0.2, 0.25) is 11.8 Å². The molecule has 2 amide bonds. The first kappa shape index (κ1) is 32.6. The number of nitrogens with one attached hydrogen (secondary N) is 1. The zero-order valence-electron chi connectivity index (χ0n) is 25.9. The number of nitrogens with zero attached hydrogens (tertiary/aromatic N) is 2. The van der Waals surface area contributed by atoms with Crippen LogP contribution in [-0.4, -0.2) is 95.3 Å². The highest BCUT2D eigenvalue weighted by Crippen LogP contribution is 2.52. The van der Waals surface area contributed by atoms with E-state index in [4.69, 9.17) is 5.73 Å². The van der Waals surface area contributed by atoms with Gasteiger partial charge in [0.25, 0.3) is 0 Å². The van der Waals surface area contributed by atoms with E-state index in [0.29, 0.717) is 17.7 Å². The van der Waals surface area contributed by atoms with Crippen LogP contribution in [0.2, 0.25) is 0 Å². The third-order valence-corrected chi connectivity index (χ3v) is 9.41. The van der Waals surface area contributed by atoms with Crippen molar-refractivity contribution in [2.24, 2.45) is 34.8 Å². The molecule has 0 saturated heterocycles. The summed E-state index contributed by atoms with van der Waals surface area (Å²) in [5.41, 5.74) is 4.03. The summed E-state index contributed by atoms with van der Waals surface area (Å²) in [4.78, 5) is 69.8. The Morgan fingerprint density at radius 3 is 2.28 bits per heavy atom. The Morgan fingerprint density at radius 2 is 1.74 bits per heavy atom. The summed E-state index contributed by atoms with van der Waals surface area (Å²) in [6, 6.07) is 0.744. The summed E-state index contributed by atoms with van der Waals surface area (Å²) in [5, 5.41) is 36.9. The van der Waals surface area contributed by atoms with Crippen LogP contribution in [0.4, 0.5) is 5.69 Å². The average Bonchev–Trinajstić information content (AvgIpc) is 2.88. The van der Waals surface area contributed by atoms with Crippen molar-refractivity contribution in [3.8, 4) is 5.75 Å². The van der Waals surface area contributed by atoms with Crippen molar-refractivity contribution >= 4 is 34.9 Å². The van der Waals surface area contributed by atoms with E-state index in [-0.39, 0.29) is 54.0 Å². The van der Waals surface area contributed by atoms with Crippen molar-refractivity contribution in [1.82, 2.24) is 10.2 Å². The van der Waals surface area contributed by atoms with E-state index in [9.17, 15) is 39.3 Å². The van der Waals surface area contributed by atoms with Crippen molar-refractivity contribution in [2.75, 3.05) is 33.1 Å². The molecule has 236 valence electrons. The van der Waals surface area contributed by atoms with Crippen LogP contribution < -0.4 is 16.0 Å². The number of carbonyl (C=O) groups excluding carboxylic acids is 5. The number of carbonyl (C=O) groups is 5. The lowest BCUT2D eigenvalue weighted by molar-refractivity contribution is -0.190. The number of phenolic OH excluding ortho intramolecular Hbond substituents is 1. The van der Waals surface area contributed by atoms with Crippen molar-refractivity contribution < 1.29 is 39.3 Å². The number of hydrogen-bond donors (Lipinski definition) is 5. The lowest BCUT2D eigenvalue weighted by Gasteiger charge is -2.55. The number of primary amides is 1. The van der Waals surface area contributed by atoms with Crippen LogP contribution in [0.15, 0.2) is 6.07 Å². The minimum atomic E-state index is -2.72. The molecule has 3 aliphatic rings. The molecule has 2 fully saturated rings. The van der Waals surface area contributed by atoms with Crippen LogP contribution in [0.3, 0.4) is 0 Å². The van der Waals surface area contributed by atoms with Crippen molar-refractivity contribution in [3.63, 3.8) is 0 Å². The molecule has 0 bridgehead atoms. The van der Waals surface area contributed by atoms with Gasteiger partial charge in [0, 0.05) is 50.3 Å². The van der Waals surface area contributed by atoms with Crippen LogP contribution in [-0.2, 0) is 32.1 Å². The van der Waals surface area contributed by atoms with Gasteiger partial charge in [-0.05, 0) is 56.3 Å². The van der Waals surface area contributed by atoms with Crippen LogP contribution in [0.5, 0.6) is 5.75 Å². The smallest absolute Gasteiger partial charge is 0.230 e. The summed E-state index contributed by atoms with van der Waals surface area (Å²) >= 11 is 0. The van der Waals surface area contributed by atoms with Crippen LogP contribution in [0, 0.1) is 29.1 Å². The summed E-state index contributed by atoms with van der Waals surface area (Å²) in [7, 11) is 6.76. The molecular weight excluding hydrogens is 556 g/mol. The second-order valence-electron chi connectivity index (χ2n) is 14.0. The molecule has 12 nitrogen and oxygen atoms in total.